The Hall–Kier alpha value is -3.73. The van der Waals surface area contributed by atoms with Crippen molar-refractivity contribution in [1.82, 2.24) is 25.2 Å². The third-order valence-electron chi connectivity index (χ3n) is 5.94. The average Bonchev–Trinajstić information content (AvgIpc) is 3.60. The summed E-state index contributed by atoms with van der Waals surface area (Å²) in [5, 5.41) is 23.9. The predicted molar refractivity (Wildman–Crippen MR) is 127 cm³/mol. The van der Waals surface area contributed by atoms with Crippen LogP contribution in [0, 0.1) is 5.41 Å². The summed E-state index contributed by atoms with van der Waals surface area (Å²) in [6, 6.07) is 2.32. The van der Waals surface area contributed by atoms with Crippen LogP contribution in [0.15, 0.2) is 35.8 Å². The van der Waals surface area contributed by atoms with E-state index >= 15 is 0 Å². The number of likely N-dealkylation sites (tertiary alicyclic amines) is 1. The first-order valence-electron chi connectivity index (χ1n) is 11.3. The fourth-order valence-corrected chi connectivity index (χ4v) is 4.00. The highest BCUT2D eigenvalue weighted by Gasteiger charge is 2.34. The first-order valence-corrected chi connectivity index (χ1v) is 11.3. The summed E-state index contributed by atoms with van der Waals surface area (Å²) in [4.78, 5) is 44.3. The molecule has 0 radical (unpaired) electrons. The first-order chi connectivity index (χ1) is 16.5. The van der Waals surface area contributed by atoms with Crippen molar-refractivity contribution in [3.63, 3.8) is 0 Å². The summed E-state index contributed by atoms with van der Waals surface area (Å²) in [5.74, 6) is -0.732. The summed E-state index contributed by atoms with van der Waals surface area (Å²) in [5.41, 5.74) is 1.72. The molecule has 34 heavy (non-hydrogen) atoms. The van der Waals surface area contributed by atoms with Crippen LogP contribution in [-0.4, -0.2) is 81.0 Å². The van der Waals surface area contributed by atoms with Crippen LogP contribution in [0.25, 0.3) is 0 Å². The van der Waals surface area contributed by atoms with Crippen LogP contribution in [0.2, 0.25) is 0 Å². The molecule has 0 aromatic carbocycles. The third-order valence-corrected chi connectivity index (χ3v) is 5.94. The van der Waals surface area contributed by atoms with Gasteiger partial charge in [0.1, 0.15) is 18.1 Å². The largest absolute Gasteiger partial charge is 0.394 e. The molecule has 1 saturated heterocycles. The minimum Gasteiger partial charge on any atom is -0.394 e. The number of aliphatic imine (C=N–C) groups is 1. The molecular formula is C23H28N8O3. The van der Waals surface area contributed by atoms with E-state index in [1.807, 2.05) is 6.07 Å². The van der Waals surface area contributed by atoms with Crippen LogP contribution < -0.4 is 10.6 Å². The lowest BCUT2D eigenvalue weighted by molar-refractivity contribution is -0.125. The zero-order valence-corrected chi connectivity index (χ0v) is 18.9. The maximum atomic E-state index is 13.3. The third kappa shape index (κ3) is 5.25. The molecule has 11 heteroatoms. The maximum absolute atomic E-state index is 13.3. The Labute approximate surface area is 197 Å². The zero-order valence-electron chi connectivity index (χ0n) is 18.9. The zero-order chi connectivity index (χ0) is 24.1. The van der Waals surface area contributed by atoms with Gasteiger partial charge in [-0.05, 0) is 37.8 Å². The lowest BCUT2D eigenvalue weighted by Crippen LogP contribution is -2.51. The molecule has 1 aliphatic carbocycles. The smallest absolute Gasteiger partial charge is 0.272 e. The van der Waals surface area contributed by atoms with Crippen molar-refractivity contribution >= 4 is 35.1 Å². The van der Waals surface area contributed by atoms with Gasteiger partial charge in [-0.25, -0.2) is 15.0 Å². The fourth-order valence-electron chi connectivity index (χ4n) is 4.00. The van der Waals surface area contributed by atoms with Crippen molar-refractivity contribution in [2.45, 2.75) is 43.7 Å². The van der Waals surface area contributed by atoms with Crippen molar-refractivity contribution in [3.8, 4) is 0 Å². The molecule has 2 aliphatic rings. The van der Waals surface area contributed by atoms with Crippen molar-refractivity contribution in [2.75, 3.05) is 25.5 Å². The molecule has 2 unspecified atom stereocenters. The van der Waals surface area contributed by atoms with Gasteiger partial charge in [-0.15, -0.1) is 0 Å². The molecule has 178 valence electrons. The average molecular weight is 465 g/mol. The van der Waals surface area contributed by atoms with Crippen LogP contribution in [-0.2, 0) is 4.79 Å². The monoisotopic (exact) mass is 464 g/mol. The van der Waals surface area contributed by atoms with Crippen LogP contribution in [0.3, 0.4) is 0 Å². The number of rotatable bonds is 9. The number of nitrogens with zero attached hydrogens (tertiary/aromatic N) is 5. The number of pyridine rings is 1. The first kappa shape index (κ1) is 23.4. The molecule has 4 N–H and O–H groups in total. The van der Waals surface area contributed by atoms with E-state index in [4.69, 9.17) is 5.41 Å². The normalized spacial score (nSPS) is 18.6. The standard InChI is InChI=1S/C23H28N8O3/c1-25-11-19(20(24)23(34)31-8-2-3-16(31)12-32)30-22(33)21-18(28-15-9-26-13-27-10-15)7-6-17(29-21)14-4-5-14/h6-7,9-11,13-14,16,19,24,28,32H,2-5,8,12H2,1H3,(H,30,33). The lowest BCUT2D eigenvalue weighted by atomic mass is 10.1. The maximum Gasteiger partial charge on any atom is 0.272 e. The van der Waals surface area contributed by atoms with Crippen molar-refractivity contribution in [1.29, 1.82) is 5.41 Å². The molecule has 3 heterocycles. The number of aliphatic hydroxyl groups excluding tert-OH is 1. The van der Waals surface area contributed by atoms with E-state index in [2.05, 4.69) is 30.6 Å². The molecule has 11 nitrogen and oxygen atoms in total. The lowest BCUT2D eigenvalue weighted by Gasteiger charge is -2.25. The number of nitrogens with one attached hydrogen (secondary N) is 3. The number of anilines is 2. The summed E-state index contributed by atoms with van der Waals surface area (Å²) in [6.07, 6.45) is 9.43. The molecule has 2 amide bonds. The van der Waals surface area contributed by atoms with E-state index in [0.717, 1.165) is 25.0 Å². The molecule has 2 atom stereocenters. The van der Waals surface area contributed by atoms with E-state index in [1.54, 1.807) is 18.5 Å². The van der Waals surface area contributed by atoms with Gasteiger partial charge in [-0.3, -0.25) is 20.0 Å². The Morgan fingerprint density at radius 3 is 2.74 bits per heavy atom. The van der Waals surface area contributed by atoms with E-state index < -0.39 is 17.9 Å². The minimum atomic E-state index is -1.04. The van der Waals surface area contributed by atoms with Gasteiger partial charge in [0.25, 0.3) is 11.8 Å². The van der Waals surface area contributed by atoms with Crippen LogP contribution in [0.4, 0.5) is 11.4 Å². The van der Waals surface area contributed by atoms with Gasteiger partial charge in [0, 0.05) is 31.4 Å². The van der Waals surface area contributed by atoms with Gasteiger partial charge >= 0.3 is 0 Å². The second-order valence-electron chi connectivity index (χ2n) is 8.41. The Bertz CT molecular complexity index is 1090. The number of carbonyl (C=O) groups is 2. The van der Waals surface area contributed by atoms with Gasteiger partial charge in [0.05, 0.1) is 36.4 Å². The summed E-state index contributed by atoms with van der Waals surface area (Å²) >= 11 is 0. The van der Waals surface area contributed by atoms with Crippen LogP contribution >= 0.6 is 0 Å². The molecule has 0 spiro atoms. The van der Waals surface area contributed by atoms with Gasteiger partial charge < -0.3 is 20.6 Å². The summed E-state index contributed by atoms with van der Waals surface area (Å²) in [7, 11) is 1.51. The second-order valence-corrected chi connectivity index (χ2v) is 8.41. The number of carbonyl (C=O) groups excluding carboxylic acids is 2. The van der Waals surface area contributed by atoms with Crippen LogP contribution in [0.1, 0.15) is 47.8 Å². The van der Waals surface area contributed by atoms with Gasteiger partial charge in [-0.2, -0.15) is 0 Å². The highest BCUT2D eigenvalue weighted by molar-refractivity contribution is 6.43. The van der Waals surface area contributed by atoms with Gasteiger partial charge in [0.2, 0.25) is 0 Å². The quantitative estimate of drug-likeness (QED) is 0.407. The topological polar surface area (TPSA) is 157 Å². The fraction of sp³-hybridized carbons (Fsp3) is 0.435. The number of hydrogen-bond donors (Lipinski definition) is 4. The van der Waals surface area contributed by atoms with Crippen LogP contribution in [0.5, 0.6) is 0 Å². The van der Waals surface area contributed by atoms with Gasteiger partial charge in [-0.1, -0.05) is 0 Å². The number of hydrogen-bond acceptors (Lipinski definition) is 9. The van der Waals surface area contributed by atoms with Gasteiger partial charge in [0.15, 0.2) is 5.69 Å². The van der Waals surface area contributed by atoms with E-state index in [9.17, 15) is 14.7 Å². The Morgan fingerprint density at radius 2 is 2.06 bits per heavy atom. The highest BCUT2D eigenvalue weighted by atomic mass is 16.3. The number of aromatic nitrogens is 3. The van der Waals surface area contributed by atoms with Crippen molar-refractivity contribution in [3.05, 3.63) is 42.2 Å². The molecule has 2 fully saturated rings. The molecule has 2 aromatic rings. The molecule has 2 aromatic heterocycles. The Morgan fingerprint density at radius 1 is 1.29 bits per heavy atom. The second kappa shape index (κ2) is 10.5. The van der Waals surface area contributed by atoms with E-state index in [-0.39, 0.29) is 24.1 Å². The number of amides is 2. The van der Waals surface area contributed by atoms with E-state index in [1.165, 1.54) is 24.5 Å². The SMILES string of the molecule is CN=CC(NC(=O)c1nc(C2CC2)ccc1Nc1cncnc1)C(=N)C(=O)N1CCCC1CO. The van der Waals surface area contributed by atoms with Crippen molar-refractivity contribution < 1.29 is 14.7 Å². The van der Waals surface area contributed by atoms with E-state index in [0.29, 0.717) is 30.3 Å². The molecular weight excluding hydrogens is 436 g/mol. The molecule has 1 aliphatic heterocycles. The molecule has 0 bridgehead atoms. The Balaban J connectivity index is 1.57. The molecule has 4 rings (SSSR count). The minimum absolute atomic E-state index is 0.150. The molecule has 1 saturated carbocycles. The Kier molecular flexibility index (Phi) is 7.21. The summed E-state index contributed by atoms with van der Waals surface area (Å²) < 4.78 is 0. The highest BCUT2D eigenvalue weighted by Crippen LogP contribution is 2.39. The predicted octanol–water partition coefficient (Wildman–Crippen LogP) is 1.29. The summed E-state index contributed by atoms with van der Waals surface area (Å²) in [6.45, 7) is 0.308. The number of aliphatic hydroxyl groups is 1. The van der Waals surface area contributed by atoms with Crippen molar-refractivity contribution in [2.24, 2.45) is 4.99 Å².